The average molecular weight is 430 g/mol. The highest BCUT2D eigenvalue weighted by Gasteiger charge is 2.28. The minimum absolute atomic E-state index is 0.0508. The van der Waals surface area contributed by atoms with Gasteiger partial charge in [0.05, 0.1) is 0 Å². The molecule has 30 heavy (non-hydrogen) atoms. The highest BCUT2D eigenvalue weighted by Crippen LogP contribution is 2.24. The molecule has 0 bridgehead atoms. The van der Waals surface area contributed by atoms with Crippen molar-refractivity contribution in [3.63, 3.8) is 0 Å². The molecule has 2 aromatic rings. The van der Waals surface area contributed by atoms with Crippen molar-refractivity contribution in [3.8, 4) is 5.75 Å². The molecule has 3 N–H and O–H groups in total. The molecule has 0 spiro atoms. The number of carboxylic acid groups (broad SMARTS) is 1. The van der Waals surface area contributed by atoms with E-state index in [1.165, 1.54) is 12.1 Å². The van der Waals surface area contributed by atoms with Crippen molar-refractivity contribution in [2.45, 2.75) is 50.8 Å². The third-order valence-electron chi connectivity index (χ3n) is 5.51. The normalized spacial score (nSPS) is 15.0. The van der Waals surface area contributed by atoms with Crippen molar-refractivity contribution >= 4 is 24.5 Å². The Morgan fingerprint density at radius 3 is 2.17 bits per heavy atom. The summed E-state index contributed by atoms with van der Waals surface area (Å²) in [6.45, 7) is 4.21. The summed E-state index contributed by atoms with van der Waals surface area (Å²) < 4.78 is 0. The van der Waals surface area contributed by atoms with Gasteiger partial charge in [0.15, 0.2) is 0 Å². The zero-order valence-corrected chi connectivity index (χ0v) is 18.4. The molecule has 3 unspecified atom stereocenters. The summed E-state index contributed by atoms with van der Waals surface area (Å²) in [5.41, 5.74) is 1.76. The van der Waals surface area contributed by atoms with Crippen LogP contribution in [0.5, 0.6) is 5.75 Å². The quantitative estimate of drug-likeness (QED) is 0.405. The van der Waals surface area contributed by atoms with Crippen LogP contribution in [0.25, 0.3) is 0 Å². The van der Waals surface area contributed by atoms with Crippen molar-refractivity contribution in [2.24, 2.45) is 11.8 Å². The lowest BCUT2D eigenvalue weighted by Gasteiger charge is -2.25. The summed E-state index contributed by atoms with van der Waals surface area (Å²) in [5, 5.41) is 21.8. The topological polar surface area (TPSA) is 86.6 Å². The first-order valence-corrected chi connectivity index (χ1v) is 10.8. The molecule has 0 heterocycles. The zero-order valence-electron chi connectivity index (χ0n) is 17.5. The van der Waals surface area contributed by atoms with E-state index in [4.69, 9.17) is 12.6 Å². The number of hydrogen-bond acceptors (Lipinski definition) is 4. The predicted octanol–water partition coefficient (Wildman–Crippen LogP) is 4.10. The van der Waals surface area contributed by atoms with Crippen LogP contribution in [0.1, 0.15) is 37.8 Å². The second-order valence-corrected chi connectivity index (χ2v) is 8.51. The number of carbonyl (C=O) groups excluding carboxylic acids is 1. The summed E-state index contributed by atoms with van der Waals surface area (Å²) in [7, 11) is 0. The van der Waals surface area contributed by atoms with Crippen LogP contribution >= 0.6 is 12.6 Å². The molecule has 1 amide bonds. The van der Waals surface area contributed by atoms with Gasteiger partial charge >= 0.3 is 5.97 Å². The first-order valence-electron chi connectivity index (χ1n) is 10.3. The molecule has 2 aromatic carbocycles. The van der Waals surface area contributed by atoms with Crippen molar-refractivity contribution in [3.05, 3.63) is 65.7 Å². The summed E-state index contributed by atoms with van der Waals surface area (Å²) >= 11 is 4.71. The summed E-state index contributed by atoms with van der Waals surface area (Å²) in [6, 6.07) is 15.0. The molecular formula is C24H31NO4S. The van der Waals surface area contributed by atoms with E-state index in [2.05, 4.69) is 19.2 Å². The molecule has 0 aromatic heterocycles. The van der Waals surface area contributed by atoms with Crippen molar-refractivity contribution in [1.29, 1.82) is 0 Å². The molecule has 2 rings (SSSR count). The van der Waals surface area contributed by atoms with Gasteiger partial charge in [-0.3, -0.25) is 4.79 Å². The molecule has 5 nitrogen and oxygen atoms in total. The minimum Gasteiger partial charge on any atom is -0.508 e. The number of hydrogen-bond donors (Lipinski definition) is 4. The number of amides is 1. The molecular weight excluding hydrogens is 398 g/mol. The molecule has 0 aliphatic heterocycles. The van der Waals surface area contributed by atoms with Gasteiger partial charge in [0.25, 0.3) is 0 Å². The Labute approximate surface area is 183 Å². The average Bonchev–Trinajstić information content (AvgIpc) is 2.74. The minimum atomic E-state index is -1.08. The van der Waals surface area contributed by atoms with Crippen molar-refractivity contribution in [2.75, 3.05) is 0 Å². The van der Waals surface area contributed by atoms with Crippen LogP contribution in [-0.2, 0) is 22.4 Å². The van der Waals surface area contributed by atoms with E-state index in [1.54, 1.807) is 12.1 Å². The Bertz CT molecular complexity index is 810. The first-order chi connectivity index (χ1) is 14.3. The van der Waals surface area contributed by atoms with E-state index >= 15 is 0 Å². The summed E-state index contributed by atoms with van der Waals surface area (Å²) in [4.78, 5) is 24.9. The number of benzene rings is 2. The SMILES string of the molecule is CCC(C)C(S)CC(Cc1ccccc1)C(=O)N[C@H](Cc1ccc(O)cc1)C(=O)O. The Morgan fingerprint density at radius 2 is 1.60 bits per heavy atom. The van der Waals surface area contributed by atoms with Crippen LogP contribution in [0, 0.1) is 11.8 Å². The second kappa shape index (κ2) is 11.6. The van der Waals surface area contributed by atoms with Crippen molar-refractivity contribution in [1.82, 2.24) is 5.32 Å². The maximum atomic E-state index is 13.1. The van der Waals surface area contributed by atoms with Gasteiger partial charge in [0.1, 0.15) is 11.8 Å². The zero-order chi connectivity index (χ0) is 22.1. The predicted molar refractivity (Wildman–Crippen MR) is 122 cm³/mol. The lowest BCUT2D eigenvalue weighted by atomic mass is 9.89. The van der Waals surface area contributed by atoms with E-state index in [0.29, 0.717) is 18.8 Å². The fraction of sp³-hybridized carbons (Fsp3) is 0.417. The standard InChI is InChI=1S/C24H31NO4S/c1-3-16(2)22(30)15-19(13-17-7-5-4-6-8-17)23(27)25-21(24(28)29)14-18-9-11-20(26)12-10-18/h4-12,16,19,21-22,26,30H,3,13-15H2,1-2H3,(H,25,27)(H,28,29)/t16?,19?,21-,22?/m1/s1. The number of carboxylic acids is 1. The number of carbonyl (C=O) groups is 2. The molecule has 0 aliphatic carbocycles. The Kier molecular flexibility index (Phi) is 9.24. The van der Waals surface area contributed by atoms with Crippen LogP contribution in [-0.4, -0.2) is 33.4 Å². The van der Waals surface area contributed by atoms with E-state index < -0.39 is 12.0 Å². The fourth-order valence-electron chi connectivity index (χ4n) is 3.33. The number of aromatic hydroxyl groups is 1. The number of thiol groups is 1. The van der Waals surface area contributed by atoms with Crippen LogP contribution in [0.15, 0.2) is 54.6 Å². The van der Waals surface area contributed by atoms with Crippen molar-refractivity contribution < 1.29 is 19.8 Å². The second-order valence-electron chi connectivity index (χ2n) is 7.85. The number of phenolic OH excluding ortho intramolecular Hbond substituents is 1. The molecule has 0 radical (unpaired) electrons. The summed E-state index contributed by atoms with van der Waals surface area (Å²) in [6.07, 6.45) is 2.22. The third-order valence-corrected chi connectivity index (χ3v) is 6.23. The van der Waals surface area contributed by atoms with E-state index in [-0.39, 0.29) is 29.2 Å². The fourth-order valence-corrected chi connectivity index (χ4v) is 3.80. The highest BCUT2D eigenvalue weighted by atomic mass is 32.1. The molecule has 4 atom stereocenters. The maximum absolute atomic E-state index is 13.1. The van der Waals surface area contributed by atoms with Crippen LogP contribution in [0.2, 0.25) is 0 Å². The highest BCUT2D eigenvalue weighted by molar-refractivity contribution is 7.81. The lowest BCUT2D eigenvalue weighted by Crippen LogP contribution is -2.46. The van der Waals surface area contributed by atoms with Gasteiger partial charge in [-0.25, -0.2) is 4.79 Å². The lowest BCUT2D eigenvalue weighted by molar-refractivity contribution is -0.142. The molecule has 0 fully saturated rings. The largest absolute Gasteiger partial charge is 0.508 e. The molecule has 0 saturated heterocycles. The third kappa shape index (κ3) is 7.41. The first kappa shape index (κ1) is 23.8. The molecule has 162 valence electrons. The summed E-state index contributed by atoms with van der Waals surface area (Å²) in [5.74, 6) is -1.26. The van der Waals surface area contributed by atoms with Gasteiger partial charge in [-0.05, 0) is 42.0 Å². The Hall–Kier alpha value is -2.47. The van der Waals surface area contributed by atoms with Crippen LogP contribution in [0.4, 0.5) is 0 Å². The Morgan fingerprint density at radius 1 is 1.00 bits per heavy atom. The van der Waals surface area contributed by atoms with Gasteiger partial charge in [-0.15, -0.1) is 0 Å². The van der Waals surface area contributed by atoms with E-state index in [9.17, 15) is 19.8 Å². The van der Waals surface area contributed by atoms with Gasteiger partial charge in [0, 0.05) is 17.6 Å². The number of phenols is 1. The van der Waals surface area contributed by atoms with Crippen LogP contribution < -0.4 is 5.32 Å². The monoisotopic (exact) mass is 429 g/mol. The number of nitrogens with one attached hydrogen (secondary N) is 1. The molecule has 6 heteroatoms. The maximum Gasteiger partial charge on any atom is 0.326 e. The molecule has 0 saturated carbocycles. The van der Waals surface area contributed by atoms with Crippen LogP contribution in [0.3, 0.4) is 0 Å². The van der Waals surface area contributed by atoms with E-state index in [1.807, 2.05) is 30.3 Å². The smallest absolute Gasteiger partial charge is 0.326 e. The molecule has 0 aliphatic rings. The van der Waals surface area contributed by atoms with Gasteiger partial charge in [-0.1, -0.05) is 62.7 Å². The van der Waals surface area contributed by atoms with Gasteiger partial charge in [-0.2, -0.15) is 12.6 Å². The Balaban J connectivity index is 2.14. The van der Waals surface area contributed by atoms with Gasteiger partial charge < -0.3 is 15.5 Å². The number of rotatable bonds is 11. The van der Waals surface area contributed by atoms with Gasteiger partial charge in [0.2, 0.25) is 5.91 Å². The number of aliphatic carboxylic acids is 1. The van der Waals surface area contributed by atoms with E-state index in [0.717, 1.165) is 17.5 Å².